The summed E-state index contributed by atoms with van der Waals surface area (Å²) in [6.07, 6.45) is 1.25. The number of nitrogens with one attached hydrogen (secondary N) is 1. The SMILES string of the molecule is NC(=O)c1ncc(Cl)nc1NCc1ccc(Cl)cc1Cl. The largest absolute Gasteiger partial charge is 0.364 e. The summed E-state index contributed by atoms with van der Waals surface area (Å²) in [7, 11) is 0. The van der Waals surface area contributed by atoms with Gasteiger partial charge in [-0.05, 0) is 17.7 Å². The Bertz CT molecular complexity index is 663. The first-order valence-electron chi connectivity index (χ1n) is 5.47. The van der Waals surface area contributed by atoms with E-state index in [1.807, 2.05) is 0 Å². The van der Waals surface area contributed by atoms with Crippen molar-refractivity contribution in [2.24, 2.45) is 5.73 Å². The molecule has 0 spiro atoms. The zero-order valence-corrected chi connectivity index (χ0v) is 12.3. The number of hydrogen-bond donors (Lipinski definition) is 2. The molecule has 1 heterocycles. The molecule has 0 radical (unpaired) electrons. The number of rotatable bonds is 4. The smallest absolute Gasteiger partial charge is 0.271 e. The molecular formula is C12H9Cl3N4O. The average Bonchev–Trinajstić information content (AvgIpc) is 2.37. The van der Waals surface area contributed by atoms with E-state index in [2.05, 4.69) is 15.3 Å². The number of amides is 1. The fourth-order valence-corrected chi connectivity index (χ4v) is 2.12. The van der Waals surface area contributed by atoms with Gasteiger partial charge in [0.1, 0.15) is 5.15 Å². The molecule has 20 heavy (non-hydrogen) atoms. The van der Waals surface area contributed by atoms with Crippen molar-refractivity contribution in [1.82, 2.24) is 9.97 Å². The molecule has 0 bridgehead atoms. The molecule has 0 fully saturated rings. The van der Waals surface area contributed by atoms with Crippen LogP contribution in [0.1, 0.15) is 16.1 Å². The van der Waals surface area contributed by atoms with E-state index in [0.717, 1.165) is 5.56 Å². The number of nitrogens with zero attached hydrogens (tertiary/aromatic N) is 2. The lowest BCUT2D eigenvalue weighted by atomic mass is 10.2. The summed E-state index contributed by atoms with van der Waals surface area (Å²) in [5.41, 5.74) is 6.01. The Morgan fingerprint density at radius 1 is 1.30 bits per heavy atom. The normalized spacial score (nSPS) is 10.3. The third-order valence-electron chi connectivity index (χ3n) is 2.44. The van der Waals surface area contributed by atoms with E-state index in [4.69, 9.17) is 40.5 Å². The van der Waals surface area contributed by atoms with E-state index in [9.17, 15) is 4.79 Å². The van der Waals surface area contributed by atoms with Crippen LogP contribution in [0.5, 0.6) is 0 Å². The second kappa shape index (κ2) is 6.26. The second-order valence-electron chi connectivity index (χ2n) is 3.84. The molecule has 0 aliphatic heterocycles. The van der Waals surface area contributed by atoms with Crippen LogP contribution in [0.2, 0.25) is 15.2 Å². The van der Waals surface area contributed by atoms with Crippen molar-refractivity contribution in [3.05, 3.63) is 50.9 Å². The number of benzene rings is 1. The topological polar surface area (TPSA) is 80.9 Å². The van der Waals surface area contributed by atoms with Crippen LogP contribution in [0.25, 0.3) is 0 Å². The number of nitrogens with two attached hydrogens (primary N) is 1. The fourth-order valence-electron chi connectivity index (χ4n) is 1.52. The van der Waals surface area contributed by atoms with Gasteiger partial charge in [-0.15, -0.1) is 0 Å². The average molecular weight is 332 g/mol. The highest BCUT2D eigenvalue weighted by Gasteiger charge is 2.12. The lowest BCUT2D eigenvalue weighted by Gasteiger charge is -2.10. The maximum Gasteiger partial charge on any atom is 0.271 e. The fraction of sp³-hybridized carbons (Fsp3) is 0.0833. The standard InChI is InChI=1S/C12H9Cl3N4O/c13-7-2-1-6(8(14)3-7)4-18-12-10(11(16)20)17-5-9(15)19-12/h1-3,5H,4H2,(H2,16,20)(H,18,19). The lowest BCUT2D eigenvalue weighted by Crippen LogP contribution is -2.17. The van der Waals surface area contributed by atoms with E-state index < -0.39 is 5.91 Å². The maximum absolute atomic E-state index is 11.2. The first-order chi connectivity index (χ1) is 9.47. The monoisotopic (exact) mass is 330 g/mol. The van der Waals surface area contributed by atoms with E-state index >= 15 is 0 Å². The van der Waals surface area contributed by atoms with Gasteiger partial charge in [0.05, 0.1) is 6.20 Å². The van der Waals surface area contributed by atoms with Crippen LogP contribution >= 0.6 is 34.8 Å². The minimum absolute atomic E-state index is 0.0134. The van der Waals surface area contributed by atoms with Gasteiger partial charge in [0.15, 0.2) is 11.5 Å². The highest BCUT2D eigenvalue weighted by Crippen LogP contribution is 2.22. The molecule has 2 aromatic rings. The van der Waals surface area contributed by atoms with Crippen molar-refractivity contribution < 1.29 is 4.79 Å². The molecule has 3 N–H and O–H groups in total. The summed E-state index contributed by atoms with van der Waals surface area (Å²) < 4.78 is 0. The highest BCUT2D eigenvalue weighted by atomic mass is 35.5. The molecule has 2 rings (SSSR count). The number of primary amides is 1. The van der Waals surface area contributed by atoms with Gasteiger partial charge >= 0.3 is 0 Å². The zero-order valence-electron chi connectivity index (χ0n) is 10.0. The van der Waals surface area contributed by atoms with Gasteiger partial charge in [0.2, 0.25) is 0 Å². The Hall–Kier alpha value is -1.56. The third kappa shape index (κ3) is 3.50. The Labute approximate surface area is 130 Å². The molecule has 104 valence electrons. The number of aromatic nitrogens is 2. The zero-order chi connectivity index (χ0) is 14.7. The minimum atomic E-state index is -0.695. The van der Waals surface area contributed by atoms with E-state index in [0.29, 0.717) is 16.6 Å². The number of halogens is 3. The van der Waals surface area contributed by atoms with Crippen LogP contribution in [0.3, 0.4) is 0 Å². The van der Waals surface area contributed by atoms with Crippen molar-refractivity contribution >= 4 is 46.5 Å². The van der Waals surface area contributed by atoms with E-state index in [-0.39, 0.29) is 16.7 Å². The Balaban J connectivity index is 2.22. The number of carbonyl (C=O) groups excluding carboxylic acids is 1. The predicted molar refractivity (Wildman–Crippen MR) is 79.3 cm³/mol. The van der Waals surface area contributed by atoms with Crippen LogP contribution in [0.4, 0.5) is 5.82 Å². The molecule has 0 aliphatic rings. The lowest BCUT2D eigenvalue weighted by molar-refractivity contribution is 0.0996. The van der Waals surface area contributed by atoms with Crippen molar-refractivity contribution in [2.75, 3.05) is 5.32 Å². The van der Waals surface area contributed by atoms with Crippen LogP contribution in [0.15, 0.2) is 24.4 Å². The molecule has 0 saturated heterocycles. The second-order valence-corrected chi connectivity index (χ2v) is 5.07. The summed E-state index contributed by atoms with van der Waals surface area (Å²) in [6.45, 7) is 0.325. The Morgan fingerprint density at radius 2 is 2.05 bits per heavy atom. The Morgan fingerprint density at radius 3 is 2.70 bits per heavy atom. The summed E-state index contributed by atoms with van der Waals surface area (Å²) in [5, 5.41) is 4.12. The summed E-state index contributed by atoms with van der Waals surface area (Å²) in [6, 6.07) is 5.10. The number of carbonyl (C=O) groups is 1. The number of hydrogen-bond acceptors (Lipinski definition) is 4. The third-order valence-corrected chi connectivity index (χ3v) is 3.21. The van der Waals surface area contributed by atoms with Gasteiger partial charge in [-0.1, -0.05) is 40.9 Å². The van der Waals surface area contributed by atoms with Crippen molar-refractivity contribution in [3.8, 4) is 0 Å². The van der Waals surface area contributed by atoms with Gasteiger partial charge < -0.3 is 11.1 Å². The maximum atomic E-state index is 11.2. The van der Waals surface area contributed by atoms with Crippen molar-refractivity contribution in [3.63, 3.8) is 0 Å². The van der Waals surface area contributed by atoms with Gasteiger partial charge in [-0.2, -0.15) is 0 Å². The Kier molecular flexibility index (Phi) is 4.65. The van der Waals surface area contributed by atoms with Crippen LogP contribution in [-0.2, 0) is 6.54 Å². The minimum Gasteiger partial charge on any atom is -0.364 e. The summed E-state index contributed by atoms with van der Waals surface area (Å²) in [5.74, 6) is -0.491. The molecule has 1 amide bonds. The number of anilines is 1. The van der Waals surface area contributed by atoms with Crippen LogP contribution in [-0.4, -0.2) is 15.9 Å². The van der Waals surface area contributed by atoms with Crippen LogP contribution < -0.4 is 11.1 Å². The van der Waals surface area contributed by atoms with Crippen LogP contribution in [0, 0.1) is 0 Å². The molecular weight excluding hydrogens is 323 g/mol. The summed E-state index contributed by atoms with van der Waals surface area (Å²) >= 11 is 17.6. The highest BCUT2D eigenvalue weighted by molar-refractivity contribution is 6.35. The first-order valence-corrected chi connectivity index (χ1v) is 6.61. The molecule has 0 saturated carbocycles. The van der Waals surface area contributed by atoms with Gasteiger partial charge in [0, 0.05) is 16.6 Å². The quantitative estimate of drug-likeness (QED) is 0.902. The first kappa shape index (κ1) is 14.8. The van der Waals surface area contributed by atoms with E-state index in [1.165, 1.54) is 6.20 Å². The molecule has 0 unspecified atom stereocenters. The van der Waals surface area contributed by atoms with Crippen molar-refractivity contribution in [1.29, 1.82) is 0 Å². The van der Waals surface area contributed by atoms with Gasteiger partial charge in [-0.25, -0.2) is 9.97 Å². The van der Waals surface area contributed by atoms with Gasteiger partial charge in [0.25, 0.3) is 5.91 Å². The molecule has 1 aromatic heterocycles. The molecule has 1 aromatic carbocycles. The summed E-state index contributed by atoms with van der Waals surface area (Å²) in [4.78, 5) is 19.1. The molecule has 8 heteroatoms. The molecule has 5 nitrogen and oxygen atoms in total. The van der Waals surface area contributed by atoms with Gasteiger partial charge in [-0.3, -0.25) is 4.79 Å². The van der Waals surface area contributed by atoms with Crippen molar-refractivity contribution in [2.45, 2.75) is 6.54 Å². The molecule has 0 aliphatic carbocycles. The molecule has 0 atom stereocenters. The van der Waals surface area contributed by atoms with E-state index in [1.54, 1.807) is 18.2 Å². The predicted octanol–water partition coefficient (Wildman–Crippen LogP) is 3.15.